The predicted molar refractivity (Wildman–Crippen MR) is 155 cm³/mol. The summed E-state index contributed by atoms with van der Waals surface area (Å²) < 4.78 is 6.83. The van der Waals surface area contributed by atoms with Gasteiger partial charge in [0.25, 0.3) is 5.91 Å². The summed E-state index contributed by atoms with van der Waals surface area (Å²) in [5.41, 5.74) is 2.63. The van der Waals surface area contributed by atoms with E-state index in [-0.39, 0.29) is 6.54 Å². The highest BCUT2D eigenvalue weighted by molar-refractivity contribution is 6.00. The van der Waals surface area contributed by atoms with Crippen LogP contribution >= 0.6 is 0 Å². The van der Waals surface area contributed by atoms with Crippen LogP contribution in [-0.2, 0) is 14.3 Å². The third-order valence-corrected chi connectivity index (χ3v) is 7.12. The summed E-state index contributed by atoms with van der Waals surface area (Å²) in [6.45, 7) is 0.660. The van der Waals surface area contributed by atoms with Crippen molar-refractivity contribution in [3.63, 3.8) is 0 Å². The van der Waals surface area contributed by atoms with Crippen LogP contribution < -0.4 is 15.5 Å². The first-order valence-electron chi connectivity index (χ1n) is 13.5. The molecule has 0 fully saturated rings. The minimum absolute atomic E-state index is 0.277. The first-order chi connectivity index (χ1) is 20.5. The molecule has 6 N–H and O–H groups in total. The van der Waals surface area contributed by atoms with Crippen LogP contribution in [0, 0.1) is 5.92 Å². The molecule has 5 atom stereocenters. The molecule has 3 aromatic rings. The van der Waals surface area contributed by atoms with Crippen molar-refractivity contribution < 1.29 is 39.5 Å². The van der Waals surface area contributed by atoms with Gasteiger partial charge in [0, 0.05) is 36.8 Å². The lowest BCUT2D eigenvalue weighted by atomic mass is 9.87. The Kier molecular flexibility index (Phi) is 9.75. The van der Waals surface area contributed by atoms with Gasteiger partial charge in [0.15, 0.2) is 0 Å². The van der Waals surface area contributed by atoms with Crippen LogP contribution in [0.5, 0.6) is 0 Å². The van der Waals surface area contributed by atoms with Crippen molar-refractivity contribution in [2.75, 3.05) is 37.5 Å². The van der Waals surface area contributed by atoms with Gasteiger partial charge in [-0.05, 0) is 36.4 Å². The second kappa shape index (κ2) is 13.5. The number of aliphatic hydroxyl groups is 3. The number of hydrogen-bond donors (Lipinski definition) is 6. The second-order valence-electron chi connectivity index (χ2n) is 10.3. The molecule has 0 saturated carbocycles. The van der Waals surface area contributed by atoms with Crippen LogP contribution in [0.25, 0.3) is 11.3 Å². The molecule has 0 unspecified atom stereocenters. The van der Waals surface area contributed by atoms with E-state index in [9.17, 15) is 34.8 Å². The van der Waals surface area contributed by atoms with E-state index in [4.69, 9.17) is 4.74 Å². The lowest BCUT2D eigenvalue weighted by Crippen LogP contribution is -2.48. The van der Waals surface area contributed by atoms with E-state index in [0.29, 0.717) is 22.5 Å². The van der Waals surface area contributed by atoms with Gasteiger partial charge >= 0.3 is 5.97 Å². The summed E-state index contributed by atoms with van der Waals surface area (Å²) >= 11 is 0. The molecular weight excluding hydrogens is 560 g/mol. The molecule has 4 rings (SSSR count). The number of carboxylic acid groups (broad SMARTS) is 1. The molecule has 1 aromatic heterocycles. The zero-order valence-corrected chi connectivity index (χ0v) is 23.8. The molecule has 0 radical (unpaired) electrons. The van der Waals surface area contributed by atoms with Crippen molar-refractivity contribution in [3.8, 4) is 11.3 Å². The number of anilines is 2. The highest BCUT2D eigenvalue weighted by Crippen LogP contribution is 2.35. The number of nitrogens with one attached hydrogen (secondary N) is 2. The van der Waals surface area contributed by atoms with E-state index in [2.05, 4.69) is 20.9 Å². The summed E-state index contributed by atoms with van der Waals surface area (Å²) in [6, 6.07) is 13.0. The van der Waals surface area contributed by atoms with E-state index in [1.807, 2.05) is 19.0 Å². The smallest absolute Gasteiger partial charge is 0.370 e. The predicted octanol–water partition coefficient (Wildman–Crippen LogP) is 0.638. The number of aromatic nitrogens is 3. The van der Waals surface area contributed by atoms with Gasteiger partial charge in [-0.2, -0.15) is 0 Å². The Morgan fingerprint density at radius 2 is 1.79 bits per heavy atom. The number of hydrogen-bond acceptors (Lipinski definition) is 10. The van der Waals surface area contributed by atoms with Crippen LogP contribution in [0.1, 0.15) is 23.3 Å². The fourth-order valence-electron chi connectivity index (χ4n) is 4.67. The molecule has 0 saturated heterocycles. The molecule has 0 bridgehead atoms. The Morgan fingerprint density at radius 1 is 1.09 bits per heavy atom. The zero-order chi connectivity index (χ0) is 31.3. The molecule has 2 heterocycles. The fourth-order valence-corrected chi connectivity index (χ4v) is 4.67. The average Bonchev–Trinajstić information content (AvgIpc) is 3.49. The lowest BCUT2D eigenvalue weighted by molar-refractivity contribution is -0.148. The molecular formula is C29H34N6O8. The van der Waals surface area contributed by atoms with Crippen LogP contribution in [0.3, 0.4) is 0 Å². The molecule has 14 nitrogen and oxygen atoms in total. The topological polar surface area (TPSA) is 199 Å². The van der Waals surface area contributed by atoms with Crippen LogP contribution in [-0.4, -0.2) is 98.8 Å². The molecule has 0 aliphatic carbocycles. The maximum absolute atomic E-state index is 12.7. The Morgan fingerprint density at radius 3 is 2.44 bits per heavy atom. The molecule has 0 spiro atoms. The highest BCUT2D eigenvalue weighted by Gasteiger charge is 2.41. The molecule has 14 heteroatoms. The molecule has 43 heavy (non-hydrogen) atoms. The monoisotopic (exact) mass is 594 g/mol. The van der Waals surface area contributed by atoms with Crippen LogP contribution in [0.2, 0.25) is 0 Å². The SMILES string of the molecule is C[C@H]1[C@H]([C@H](O)[C@H](O)CO)OC(C(=O)O)=C[C@@H]1n1cc(-c2ccccc2NC(=O)CNC(=O)c2ccc(N(C)C)cc2)nn1. The molecule has 1 aliphatic rings. The summed E-state index contributed by atoms with van der Waals surface area (Å²) in [5.74, 6) is -3.28. The zero-order valence-electron chi connectivity index (χ0n) is 23.8. The Hall–Kier alpha value is -4.79. The number of carbonyl (C=O) groups excluding carboxylic acids is 2. The number of rotatable bonds is 11. The summed E-state index contributed by atoms with van der Waals surface area (Å²) in [5, 5.41) is 53.0. The normalized spacial score (nSPS) is 19.4. The molecule has 2 amide bonds. The number of aliphatic carboxylic acids is 1. The van der Waals surface area contributed by atoms with Crippen molar-refractivity contribution in [2.45, 2.75) is 31.3 Å². The van der Waals surface area contributed by atoms with Crippen LogP contribution in [0.4, 0.5) is 11.4 Å². The quantitative estimate of drug-likeness (QED) is 0.182. The fraction of sp³-hybridized carbons (Fsp3) is 0.345. The minimum Gasteiger partial charge on any atom is -0.480 e. The Bertz CT molecular complexity index is 1490. The summed E-state index contributed by atoms with van der Waals surface area (Å²) in [4.78, 5) is 38.9. The van der Waals surface area contributed by atoms with Gasteiger partial charge < -0.3 is 40.7 Å². The standard InChI is InChI=1S/C29H34N6O8/c1-16-22(12-24(29(41)42)43-27(16)26(39)23(37)15-36)35-14-21(32-33-35)19-6-4-5-7-20(19)31-25(38)13-30-28(40)17-8-10-18(11-9-17)34(2)3/h4-12,14,16,22-23,26-27,36-37,39H,13,15H2,1-3H3,(H,30,40)(H,31,38)(H,41,42)/t16-,22+,23-,26-,27-/m1/s1. The number of carbonyl (C=O) groups is 3. The maximum Gasteiger partial charge on any atom is 0.370 e. The first-order valence-corrected chi connectivity index (χ1v) is 13.5. The minimum atomic E-state index is -1.57. The number of para-hydroxylation sites is 1. The van der Waals surface area contributed by atoms with E-state index in [1.54, 1.807) is 61.7 Å². The maximum atomic E-state index is 12.7. The van der Waals surface area contributed by atoms with E-state index in [0.717, 1.165) is 5.69 Å². The largest absolute Gasteiger partial charge is 0.480 e. The number of allylic oxidation sites excluding steroid dienone is 1. The van der Waals surface area contributed by atoms with Gasteiger partial charge in [0.05, 0.1) is 31.1 Å². The number of aliphatic hydroxyl groups excluding tert-OH is 3. The number of ether oxygens (including phenoxy) is 1. The first kappa shape index (κ1) is 31.2. The van der Waals surface area contributed by atoms with E-state index >= 15 is 0 Å². The second-order valence-corrected chi connectivity index (χ2v) is 10.3. The Labute approximate surface area is 247 Å². The number of carboxylic acids is 1. The summed E-state index contributed by atoms with van der Waals surface area (Å²) in [6.07, 6.45) is -1.40. The van der Waals surface area contributed by atoms with Gasteiger partial charge in [0.1, 0.15) is 24.0 Å². The van der Waals surface area contributed by atoms with Crippen molar-refractivity contribution >= 4 is 29.2 Å². The van der Waals surface area contributed by atoms with Gasteiger partial charge in [-0.1, -0.05) is 30.3 Å². The molecule has 228 valence electrons. The molecule has 2 aromatic carbocycles. The van der Waals surface area contributed by atoms with Gasteiger partial charge in [-0.15, -0.1) is 5.10 Å². The van der Waals surface area contributed by atoms with Gasteiger partial charge in [0.2, 0.25) is 11.7 Å². The number of benzene rings is 2. The Balaban J connectivity index is 1.48. The number of amides is 2. The van der Waals surface area contributed by atoms with Gasteiger partial charge in [-0.3, -0.25) is 9.59 Å². The van der Waals surface area contributed by atoms with Crippen molar-refractivity contribution in [2.24, 2.45) is 5.92 Å². The van der Waals surface area contributed by atoms with E-state index in [1.165, 1.54) is 10.8 Å². The van der Waals surface area contributed by atoms with Crippen molar-refractivity contribution in [1.29, 1.82) is 0 Å². The highest BCUT2D eigenvalue weighted by atomic mass is 16.5. The van der Waals surface area contributed by atoms with Crippen molar-refractivity contribution in [1.82, 2.24) is 20.3 Å². The third-order valence-electron chi connectivity index (χ3n) is 7.12. The van der Waals surface area contributed by atoms with Crippen molar-refractivity contribution in [3.05, 3.63) is 72.1 Å². The average molecular weight is 595 g/mol. The van der Waals surface area contributed by atoms with Gasteiger partial charge in [-0.25, -0.2) is 9.48 Å². The van der Waals surface area contributed by atoms with E-state index < -0.39 is 60.4 Å². The third kappa shape index (κ3) is 7.17. The number of nitrogens with zero attached hydrogens (tertiary/aromatic N) is 4. The summed E-state index contributed by atoms with van der Waals surface area (Å²) in [7, 11) is 3.78. The van der Waals surface area contributed by atoms with Crippen LogP contribution in [0.15, 0.2) is 66.6 Å². The molecule has 1 aliphatic heterocycles. The lowest BCUT2D eigenvalue weighted by Gasteiger charge is -2.37.